The zero-order valence-corrected chi connectivity index (χ0v) is 26.6. The number of piperidine rings is 1. The van der Waals surface area contributed by atoms with Crippen LogP contribution in [0.2, 0.25) is 0 Å². The molecule has 3 saturated heterocycles. The van der Waals surface area contributed by atoms with Crippen LogP contribution in [0.5, 0.6) is 0 Å². The molecule has 230 valence electrons. The first-order valence-corrected chi connectivity index (χ1v) is 15.7. The van der Waals surface area contributed by atoms with Gasteiger partial charge in [-0.2, -0.15) is 0 Å². The van der Waals surface area contributed by atoms with Crippen LogP contribution in [0, 0.1) is 0 Å². The number of anilines is 1. The van der Waals surface area contributed by atoms with Crippen LogP contribution in [0.3, 0.4) is 0 Å². The van der Waals surface area contributed by atoms with Crippen molar-refractivity contribution in [2.24, 2.45) is 0 Å². The fourth-order valence-corrected chi connectivity index (χ4v) is 7.31. The third-order valence-electron chi connectivity index (χ3n) is 10.6. The molecule has 1 aliphatic carbocycles. The van der Waals surface area contributed by atoms with Crippen molar-refractivity contribution in [1.82, 2.24) is 9.80 Å². The Kier molecular flexibility index (Phi) is 6.88. The van der Waals surface area contributed by atoms with Crippen LogP contribution in [0.15, 0.2) is 18.2 Å². The molecule has 1 aromatic rings. The third-order valence-corrected chi connectivity index (χ3v) is 10.6. The molecule has 4 fully saturated rings. The average molecular weight is 584 g/mol. The van der Waals surface area contributed by atoms with E-state index in [-0.39, 0.29) is 18.0 Å². The molecule has 1 unspecified atom stereocenters. The Morgan fingerprint density at radius 1 is 0.976 bits per heavy atom. The summed E-state index contributed by atoms with van der Waals surface area (Å²) in [5, 5.41) is 0. The summed E-state index contributed by atoms with van der Waals surface area (Å²) in [6.45, 7) is 17.6. The van der Waals surface area contributed by atoms with E-state index < -0.39 is 35.0 Å². The van der Waals surface area contributed by atoms with Gasteiger partial charge in [-0.25, -0.2) is 9.18 Å². The largest absolute Gasteiger partial charge is 0.494 e. The molecular formula is C32H47BFN3O5. The molecule has 6 rings (SSSR count). The number of alkyl halides is 1. The average Bonchev–Trinajstić information content (AvgIpc) is 3.40. The Bertz CT molecular complexity index is 1250. The smallest absolute Gasteiger partial charge is 0.444 e. The van der Waals surface area contributed by atoms with Gasteiger partial charge in [0.15, 0.2) is 0 Å². The summed E-state index contributed by atoms with van der Waals surface area (Å²) in [4.78, 5) is 33.3. The molecule has 4 heterocycles. The van der Waals surface area contributed by atoms with Gasteiger partial charge in [0.25, 0.3) is 0 Å². The number of hydrogen-bond donors (Lipinski definition) is 0. The molecule has 42 heavy (non-hydrogen) atoms. The normalized spacial score (nSPS) is 31.9. The molecule has 0 radical (unpaired) electrons. The molecule has 10 heteroatoms. The number of likely N-dealkylation sites (tertiary alicyclic amines) is 2. The highest BCUT2D eigenvalue weighted by molar-refractivity contribution is 6.62. The van der Waals surface area contributed by atoms with Crippen molar-refractivity contribution in [2.45, 2.75) is 127 Å². The van der Waals surface area contributed by atoms with Crippen molar-refractivity contribution in [1.29, 1.82) is 0 Å². The fraction of sp³-hybridized carbons (Fsp3) is 0.750. The molecule has 5 aliphatic rings. The topological polar surface area (TPSA) is 71.6 Å². The van der Waals surface area contributed by atoms with E-state index in [1.165, 1.54) is 0 Å². The summed E-state index contributed by atoms with van der Waals surface area (Å²) in [6, 6.07) is 6.56. The summed E-state index contributed by atoms with van der Waals surface area (Å²) in [5.41, 5.74) is -0.470. The van der Waals surface area contributed by atoms with Crippen molar-refractivity contribution in [3.8, 4) is 0 Å². The van der Waals surface area contributed by atoms with Crippen LogP contribution in [-0.2, 0) is 24.3 Å². The summed E-state index contributed by atoms with van der Waals surface area (Å²) in [5.74, 6) is 0.118. The number of rotatable bonds is 3. The minimum Gasteiger partial charge on any atom is -0.444 e. The molecule has 8 nitrogen and oxygen atoms in total. The molecule has 1 atom stereocenters. The van der Waals surface area contributed by atoms with E-state index in [1.54, 1.807) is 11.8 Å². The van der Waals surface area contributed by atoms with Gasteiger partial charge in [0, 0.05) is 44.0 Å². The molecule has 4 aliphatic heterocycles. The lowest BCUT2D eigenvalue weighted by Gasteiger charge is -2.46. The van der Waals surface area contributed by atoms with E-state index in [2.05, 4.69) is 17.0 Å². The van der Waals surface area contributed by atoms with Gasteiger partial charge >= 0.3 is 13.2 Å². The minimum absolute atomic E-state index is 0.0597. The SMILES string of the molecule is CC1(F)CCN(C2CC(N3C(=O)C4(CCN(C(=O)OC(C)(C)C)CC4)c4ccc(B5OC(C)(C)C(C)(C)O5)cc43)C2)C1. The molecule has 1 saturated carbocycles. The molecule has 2 amide bonds. The number of benzene rings is 1. The second-order valence-corrected chi connectivity index (χ2v) is 15.5. The number of hydrogen-bond acceptors (Lipinski definition) is 6. The Morgan fingerprint density at radius 2 is 1.60 bits per heavy atom. The molecule has 1 aromatic carbocycles. The lowest BCUT2D eigenvalue weighted by Crippen LogP contribution is -2.58. The number of nitrogens with zero attached hydrogens (tertiary/aromatic N) is 3. The molecule has 0 N–H and O–H groups in total. The maximum atomic E-state index is 14.6. The number of carbonyl (C=O) groups excluding carboxylic acids is 2. The highest BCUT2D eigenvalue weighted by atomic mass is 19.1. The highest BCUT2D eigenvalue weighted by Crippen LogP contribution is 2.51. The van der Waals surface area contributed by atoms with Gasteiger partial charge in [0.05, 0.1) is 16.6 Å². The first kappa shape index (κ1) is 29.9. The number of fused-ring (bicyclic) bond motifs is 2. The van der Waals surface area contributed by atoms with Crippen molar-refractivity contribution in [3.05, 3.63) is 23.8 Å². The van der Waals surface area contributed by atoms with Gasteiger partial charge < -0.3 is 23.8 Å². The van der Waals surface area contributed by atoms with Crippen LogP contribution in [0.1, 0.15) is 93.1 Å². The third kappa shape index (κ3) is 4.95. The van der Waals surface area contributed by atoms with Gasteiger partial charge in [0.2, 0.25) is 5.91 Å². The minimum atomic E-state index is -1.13. The fourth-order valence-electron chi connectivity index (χ4n) is 7.31. The van der Waals surface area contributed by atoms with Crippen molar-refractivity contribution < 1.29 is 28.0 Å². The van der Waals surface area contributed by atoms with E-state index in [1.807, 2.05) is 59.4 Å². The van der Waals surface area contributed by atoms with Crippen LogP contribution >= 0.6 is 0 Å². The molecule has 0 aromatic heterocycles. The second-order valence-electron chi connectivity index (χ2n) is 15.5. The predicted octanol–water partition coefficient (Wildman–Crippen LogP) is 4.57. The van der Waals surface area contributed by atoms with Gasteiger partial charge in [-0.1, -0.05) is 12.1 Å². The summed E-state index contributed by atoms with van der Waals surface area (Å²) in [6.07, 6.45) is 3.00. The predicted molar refractivity (Wildman–Crippen MR) is 161 cm³/mol. The van der Waals surface area contributed by atoms with Gasteiger partial charge in [0.1, 0.15) is 11.3 Å². The van der Waals surface area contributed by atoms with E-state index in [0.717, 1.165) is 36.1 Å². The molecular weight excluding hydrogens is 536 g/mol. The maximum Gasteiger partial charge on any atom is 0.494 e. The van der Waals surface area contributed by atoms with Gasteiger partial charge in [-0.05, 0) is 105 Å². The van der Waals surface area contributed by atoms with Crippen LogP contribution in [0.4, 0.5) is 14.9 Å². The zero-order valence-electron chi connectivity index (χ0n) is 26.6. The van der Waals surface area contributed by atoms with E-state index >= 15 is 0 Å². The Morgan fingerprint density at radius 3 is 2.14 bits per heavy atom. The van der Waals surface area contributed by atoms with Crippen molar-refractivity contribution in [3.63, 3.8) is 0 Å². The van der Waals surface area contributed by atoms with Crippen LogP contribution in [0.25, 0.3) is 0 Å². The molecule has 1 spiro atoms. The number of halogens is 1. The van der Waals surface area contributed by atoms with E-state index in [4.69, 9.17) is 14.0 Å². The quantitative estimate of drug-likeness (QED) is 0.486. The Balaban J connectivity index is 1.27. The highest BCUT2D eigenvalue weighted by Gasteiger charge is 2.57. The first-order chi connectivity index (χ1) is 19.4. The molecule has 0 bridgehead atoms. The summed E-state index contributed by atoms with van der Waals surface area (Å²) < 4.78 is 33.0. The van der Waals surface area contributed by atoms with Gasteiger partial charge in [-0.15, -0.1) is 0 Å². The standard InChI is InChI=1S/C32H47BFN3O5/c1-28(2,3)40-27(39)35-15-12-32(13-16-35)24-10-9-21(33-41-29(4,5)30(6,7)42-33)17-25(24)37(26(32)38)23-18-22(19-23)36-14-11-31(8,34)20-36/h9-10,17,22-23H,11-16,18-20H2,1-8H3. The maximum absolute atomic E-state index is 14.6. The lowest BCUT2D eigenvalue weighted by molar-refractivity contribution is -0.126. The zero-order chi connectivity index (χ0) is 30.5. The second kappa shape index (κ2) is 9.67. The van der Waals surface area contributed by atoms with Crippen LogP contribution < -0.4 is 10.4 Å². The van der Waals surface area contributed by atoms with Crippen molar-refractivity contribution >= 4 is 30.3 Å². The van der Waals surface area contributed by atoms with E-state index in [9.17, 15) is 14.0 Å². The summed E-state index contributed by atoms with van der Waals surface area (Å²) >= 11 is 0. The van der Waals surface area contributed by atoms with Crippen molar-refractivity contribution in [2.75, 3.05) is 31.1 Å². The van der Waals surface area contributed by atoms with Crippen LogP contribution in [-0.4, -0.2) is 89.7 Å². The number of amides is 2. The Hall–Kier alpha value is -2.17. The van der Waals surface area contributed by atoms with Gasteiger partial charge in [-0.3, -0.25) is 9.69 Å². The lowest BCUT2D eigenvalue weighted by atomic mass is 9.71. The Labute approximate surface area is 250 Å². The first-order valence-electron chi connectivity index (χ1n) is 15.7. The monoisotopic (exact) mass is 583 g/mol. The number of carbonyl (C=O) groups is 2. The van der Waals surface area contributed by atoms with E-state index in [0.29, 0.717) is 44.9 Å². The number of ether oxygens (including phenoxy) is 1. The summed E-state index contributed by atoms with van der Waals surface area (Å²) in [7, 11) is -0.524.